The monoisotopic (exact) mass is 238 g/mol. The number of rotatable bonds is 7. The van der Waals surface area contributed by atoms with Crippen LogP contribution in [0.25, 0.3) is 0 Å². The van der Waals surface area contributed by atoms with Gasteiger partial charge in [0.2, 0.25) is 5.91 Å². The Balaban J connectivity index is 2.08. The quantitative estimate of drug-likeness (QED) is 0.734. The van der Waals surface area contributed by atoms with E-state index in [1.54, 1.807) is 4.68 Å². The van der Waals surface area contributed by atoms with Gasteiger partial charge < -0.3 is 10.6 Å². The summed E-state index contributed by atoms with van der Waals surface area (Å²) >= 11 is 0. The Labute approximate surface area is 103 Å². The van der Waals surface area contributed by atoms with Crippen molar-refractivity contribution in [2.75, 3.05) is 13.1 Å². The van der Waals surface area contributed by atoms with E-state index in [9.17, 15) is 4.79 Å². The first kappa shape index (κ1) is 13.7. The fraction of sp³-hybridized carbons (Fsp3) is 0.667. The summed E-state index contributed by atoms with van der Waals surface area (Å²) in [6, 6.07) is 1.93. The van der Waals surface area contributed by atoms with Crippen molar-refractivity contribution in [3.05, 3.63) is 18.0 Å². The van der Waals surface area contributed by atoms with Crippen LogP contribution in [0.1, 0.15) is 26.0 Å². The lowest BCUT2D eigenvalue weighted by Gasteiger charge is -2.07. The topological polar surface area (TPSA) is 59.0 Å². The first-order chi connectivity index (χ1) is 8.08. The van der Waals surface area contributed by atoms with Crippen molar-refractivity contribution in [3.8, 4) is 0 Å². The standard InChI is InChI=1S/C12H22N4O/c1-10(2)4-6-14-12(17)9-13-8-11-5-7-16(3)15-11/h5,7,10,13H,4,6,8-9H2,1-3H3,(H,14,17). The number of aromatic nitrogens is 2. The Morgan fingerprint density at radius 3 is 2.88 bits per heavy atom. The van der Waals surface area contributed by atoms with Crippen LogP contribution in [0.2, 0.25) is 0 Å². The van der Waals surface area contributed by atoms with Crippen molar-refractivity contribution in [1.82, 2.24) is 20.4 Å². The molecule has 0 aromatic carbocycles. The summed E-state index contributed by atoms with van der Waals surface area (Å²) in [4.78, 5) is 11.4. The van der Waals surface area contributed by atoms with Crippen molar-refractivity contribution >= 4 is 5.91 Å². The Bertz CT molecular complexity index is 346. The molecule has 0 spiro atoms. The number of carbonyl (C=O) groups excluding carboxylic acids is 1. The van der Waals surface area contributed by atoms with Gasteiger partial charge >= 0.3 is 0 Å². The van der Waals surface area contributed by atoms with E-state index in [2.05, 4.69) is 29.6 Å². The molecule has 0 aliphatic carbocycles. The second-order valence-corrected chi connectivity index (χ2v) is 4.62. The molecule has 1 heterocycles. The van der Waals surface area contributed by atoms with Crippen LogP contribution in [0.4, 0.5) is 0 Å². The van der Waals surface area contributed by atoms with Crippen molar-refractivity contribution < 1.29 is 4.79 Å². The van der Waals surface area contributed by atoms with E-state index in [1.165, 1.54) is 0 Å². The molecule has 17 heavy (non-hydrogen) atoms. The number of aryl methyl sites for hydroxylation is 1. The molecule has 0 aliphatic heterocycles. The molecule has 0 unspecified atom stereocenters. The number of hydrogen-bond acceptors (Lipinski definition) is 3. The fourth-order valence-electron chi connectivity index (χ4n) is 1.42. The molecule has 0 bridgehead atoms. The normalized spacial score (nSPS) is 10.8. The highest BCUT2D eigenvalue weighted by Crippen LogP contribution is 1.96. The average molecular weight is 238 g/mol. The molecule has 0 aliphatic rings. The van der Waals surface area contributed by atoms with Gasteiger partial charge in [-0.25, -0.2) is 0 Å². The SMILES string of the molecule is CC(C)CCNC(=O)CNCc1ccn(C)n1. The van der Waals surface area contributed by atoms with Crippen LogP contribution in [-0.2, 0) is 18.4 Å². The number of nitrogens with one attached hydrogen (secondary N) is 2. The first-order valence-electron chi connectivity index (χ1n) is 6.04. The largest absolute Gasteiger partial charge is 0.355 e. The third-order valence-electron chi connectivity index (χ3n) is 2.40. The van der Waals surface area contributed by atoms with Gasteiger partial charge in [0.1, 0.15) is 0 Å². The second-order valence-electron chi connectivity index (χ2n) is 4.62. The van der Waals surface area contributed by atoms with Crippen molar-refractivity contribution in [2.45, 2.75) is 26.8 Å². The van der Waals surface area contributed by atoms with Crippen LogP contribution in [0.5, 0.6) is 0 Å². The third kappa shape index (κ3) is 6.06. The predicted molar refractivity (Wildman–Crippen MR) is 67.4 cm³/mol. The van der Waals surface area contributed by atoms with Crippen LogP contribution in [0.15, 0.2) is 12.3 Å². The number of carbonyl (C=O) groups is 1. The minimum atomic E-state index is 0.0431. The molecule has 0 radical (unpaired) electrons. The van der Waals surface area contributed by atoms with E-state index in [-0.39, 0.29) is 5.91 Å². The van der Waals surface area contributed by atoms with E-state index < -0.39 is 0 Å². The highest BCUT2D eigenvalue weighted by atomic mass is 16.1. The van der Waals surface area contributed by atoms with Crippen molar-refractivity contribution in [3.63, 3.8) is 0 Å². The summed E-state index contributed by atoms with van der Waals surface area (Å²) in [5.74, 6) is 0.665. The molecule has 5 heteroatoms. The summed E-state index contributed by atoms with van der Waals surface area (Å²) in [6.45, 7) is 6.01. The summed E-state index contributed by atoms with van der Waals surface area (Å²) in [6.07, 6.45) is 2.91. The molecule has 96 valence electrons. The van der Waals surface area contributed by atoms with Crippen LogP contribution in [0.3, 0.4) is 0 Å². The van der Waals surface area contributed by atoms with Gasteiger partial charge in [-0.2, -0.15) is 5.10 Å². The van der Waals surface area contributed by atoms with E-state index in [0.29, 0.717) is 19.0 Å². The second kappa shape index (κ2) is 7.06. The molecule has 0 atom stereocenters. The van der Waals surface area contributed by atoms with Crippen LogP contribution < -0.4 is 10.6 Å². The van der Waals surface area contributed by atoms with Gasteiger partial charge in [-0.3, -0.25) is 9.48 Å². The van der Waals surface area contributed by atoms with Gasteiger partial charge in [-0.15, -0.1) is 0 Å². The van der Waals surface area contributed by atoms with Crippen LogP contribution >= 0.6 is 0 Å². The Morgan fingerprint density at radius 2 is 2.29 bits per heavy atom. The zero-order valence-electron chi connectivity index (χ0n) is 10.9. The summed E-state index contributed by atoms with van der Waals surface area (Å²) in [7, 11) is 1.88. The Kier molecular flexibility index (Phi) is 5.69. The molecule has 0 saturated carbocycles. The van der Waals surface area contributed by atoms with Gasteiger partial charge in [0.25, 0.3) is 0 Å². The lowest BCUT2D eigenvalue weighted by atomic mass is 10.1. The molecule has 2 N–H and O–H groups in total. The molecule has 1 rings (SSSR count). The van der Waals surface area contributed by atoms with Gasteiger partial charge in [0.15, 0.2) is 0 Å². The molecular formula is C12H22N4O. The van der Waals surface area contributed by atoms with Crippen LogP contribution in [0, 0.1) is 5.92 Å². The lowest BCUT2D eigenvalue weighted by Crippen LogP contribution is -2.34. The third-order valence-corrected chi connectivity index (χ3v) is 2.40. The smallest absolute Gasteiger partial charge is 0.233 e. The van der Waals surface area contributed by atoms with Crippen LogP contribution in [-0.4, -0.2) is 28.8 Å². The van der Waals surface area contributed by atoms with E-state index in [4.69, 9.17) is 0 Å². The predicted octanol–water partition coefficient (Wildman–Crippen LogP) is 0.672. The summed E-state index contributed by atoms with van der Waals surface area (Å²) in [5.41, 5.74) is 0.947. The maximum absolute atomic E-state index is 11.4. The highest BCUT2D eigenvalue weighted by Gasteiger charge is 2.02. The minimum absolute atomic E-state index is 0.0431. The number of nitrogens with zero attached hydrogens (tertiary/aromatic N) is 2. The first-order valence-corrected chi connectivity index (χ1v) is 6.04. The van der Waals surface area contributed by atoms with Gasteiger partial charge in [-0.1, -0.05) is 13.8 Å². The Hall–Kier alpha value is -1.36. The average Bonchev–Trinajstić information content (AvgIpc) is 2.63. The zero-order chi connectivity index (χ0) is 12.7. The highest BCUT2D eigenvalue weighted by molar-refractivity contribution is 5.77. The van der Waals surface area contributed by atoms with Gasteiger partial charge in [0, 0.05) is 26.3 Å². The molecule has 1 amide bonds. The van der Waals surface area contributed by atoms with Gasteiger partial charge in [-0.05, 0) is 18.4 Å². The summed E-state index contributed by atoms with van der Waals surface area (Å²) in [5, 5.41) is 10.2. The number of amides is 1. The molecule has 0 saturated heterocycles. The van der Waals surface area contributed by atoms with Crippen molar-refractivity contribution in [1.29, 1.82) is 0 Å². The molecule has 1 aromatic heterocycles. The molecule has 1 aromatic rings. The van der Waals surface area contributed by atoms with E-state index in [1.807, 2.05) is 19.3 Å². The zero-order valence-corrected chi connectivity index (χ0v) is 10.9. The molecular weight excluding hydrogens is 216 g/mol. The Morgan fingerprint density at radius 1 is 1.53 bits per heavy atom. The van der Waals surface area contributed by atoms with E-state index in [0.717, 1.165) is 18.7 Å². The molecule has 0 fully saturated rings. The van der Waals surface area contributed by atoms with Crippen molar-refractivity contribution in [2.24, 2.45) is 13.0 Å². The maximum atomic E-state index is 11.4. The minimum Gasteiger partial charge on any atom is -0.355 e. The van der Waals surface area contributed by atoms with Gasteiger partial charge in [0.05, 0.1) is 12.2 Å². The fourth-order valence-corrected chi connectivity index (χ4v) is 1.42. The lowest BCUT2D eigenvalue weighted by molar-refractivity contribution is -0.120. The molecule has 5 nitrogen and oxygen atoms in total. The number of hydrogen-bond donors (Lipinski definition) is 2. The van der Waals surface area contributed by atoms with E-state index >= 15 is 0 Å². The summed E-state index contributed by atoms with van der Waals surface area (Å²) < 4.78 is 1.75. The maximum Gasteiger partial charge on any atom is 0.233 e.